The lowest BCUT2D eigenvalue weighted by Crippen LogP contribution is -2.42. The molecule has 1 aliphatic rings. The molecule has 0 aliphatic carbocycles. The summed E-state index contributed by atoms with van der Waals surface area (Å²) in [5.41, 5.74) is 2.00. The Kier molecular flexibility index (Phi) is 5.06. The average Bonchev–Trinajstić information content (AvgIpc) is 2.82. The highest BCUT2D eigenvalue weighted by atomic mass is 79.9. The first-order valence-corrected chi connectivity index (χ1v) is 9.28. The second-order valence-corrected chi connectivity index (χ2v) is 7.63. The van der Waals surface area contributed by atoms with Gasteiger partial charge in [0.25, 0.3) is 5.91 Å². The van der Waals surface area contributed by atoms with E-state index >= 15 is 0 Å². The summed E-state index contributed by atoms with van der Waals surface area (Å²) in [6.45, 7) is 5.10. The SMILES string of the molecule is Cc1cc(NC(=O)CN2C(=O)NC(C)(c3ccccc3C)C2=O)ccc1Br. The monoisotopic (exact) mass is 429 g/mol. The number of halogens is 1. The number of amides is 4. The maximum Gasteiger partial charge on any atom is 0.325 e. The Balaban J connectivity index is 1.76. The fourth-order valence-electron chi connectivity index (χ4n) is 3.22. The Labute approximate surface area is 166 Å². The van der Waals surface area contributed by atoms with Gasteiger partial charge in [-0.2, -0.15) is 0 Å². The second kappa shape index (κ2) is 7.15. The number of hydrogen-bond acceptors (Lipinski definition) is 3. The van der Waals surface area contributed by atoms with Gasteiger partial charge in [0.1, 0.15) is 12.1 Å². The number of carbonyl (C=O) groups excluding carboxylic acids is 3. The van der Waals surface area contributed by atoms with Crippen molar-refractivity contribution in [3.8, 4) is 0 Å². The summed E-state index contributed by atoms with van der Waals surface area (Å²) in [7, 11) is 0. The predicted octanol–water partition coefficient (Wildman–Crippen LogP) is 3.47. The van der Waals surface area contributed by atoms with E-state index in [1.807, 2.05) is 50.2 Å². The molecule has 0 radical (unpaired) electrons. The molecule has 1 atom stereocenters. The van der Waals surface area contributed by atoms with Crippen molar-refractivity contribution in [2.45, 2.75) is 26.3 Å². The first kappa shape index (κ1) is 19.1. The summed E-state index contributed by atoms with van der Waals surface area (Å²) < 4.78 is 0.934. The molecule has 1 aliphatic heterocycles. The van der Waals surface area contributed by atoms with E-state index < -0.39 is 23.4 Å². The van der Waals surface area contributed by atoms with E-state index in [9.17, 15) is 14.4 Å². The Bertz CT molecular complexity index is 944. The van der Waals surface area contributed by atoms with Crippen LogP contribution >= 0.6 is 15.9 Å². The topological polar surface area (TPSA) is 78.5 Å². The number of aryl methyl sites for hydroxylation is 2. The van der Waals surface area contributed by atoms with E-state index in [0.29, 0.717) is 5.69 Å². The Hall–Kier alpha value is -2.67. The van der Waals surface area contributed by atoms with Crippen LogP contribution in [0.25, 0.3) is 0 Å². The normalized spacial score (nSPS) is 19.2. The number of urea groups is 1. The summed E-state index contributed by atoms with van der Waals surface area (Å²) in [5, 5.41) is 5.45. The lowest BCUT2D eigenvalue weighted by molar-refractivity contribution is -0.133. The van der Waals surface area contributed by atoms with Gasteiger partial charge in [-0.05, 0) is 55.7 Å². The van der Waals surface area contributed by atoms with Gasteiger partial charge >= 0.3 is 6.03 Å². The standard InChI is InChI=1S/C20H20BrN3O3/c1-12-6-4-5-7-15(12)20(3)18(26)24(19(27)23-20)11-17(25)22-14-8-9-16(21)13(2)10-14/h4-10H,11H2,1-3H3,(H,22,25)(H,23,27). The van der Waals surface area contributed by atoms with Crippen molar-refractivity contribution in [2.24, 2.45) is 0 Å². The zero-order chi connectivity index (χ0) is 19.8. The van der Waals surface area contributed by atoms with Crippen molar-refractivity contribution in [2.75, 3.05) is 11.9 Å². The maximum absolute atomic E-state index is 12.9. The molecule has 4 amide bonds. The van der Waals surface area contributed by atoms with E-state index in [1.165, 1.54) is 0 Å². The van der Waals surface area contributed by atoms with Crippen LogP contribution in [-0.2, 0) is 15.1 Å². The van der Waals surface area contributed by atoms with E-state index in [2.05, 4.69) is 26.6 Å². The third kappa shape index (κ3) is 3.60. The Morgan fingerprint density at radius 2 is 1.85 bits per heavy atom. The zero-order valence-corrected chi connectivity index (χ0v) is 16.9. The van der Waals surface area contributed by atoms with Gasteiger partial charge in [0.2, 0.25) is 5.91 Å². The van der Waals surface area contributed by atoms with Gasteiger partial charge in [0, 0.05) is 10.2 Å². The fourth-order valence-corrected chi connectivity index (χ4v) is 3.47. The molecule has 2 aromatic rings. The maximum atomic E-state index is 12.9. The summed E-state index contributed by atoms with van der Waals surface area (Å²) in [5.74, 6) is -0.877. The van der Waals surface area contributed by atoms with E-state index in [4.69, 9.17) is 0 Å². The highest BCUT2D eigenvalue weighted by Gasteiger charge is 2.49. The predicted molar refractivity (Wildman–Crippen MR) is 106 cm³/mol. The van der Waals surface area contributed by atoms with Crippen LogP contribution in [0.1, 0.15) is 23.6 Å². The number of carbonyl (C=O) groups is 3. The van der Waals surface area contributed by atoms with Crippen molar-refractivity contribution in [1.29, 1.82) is 0 Å². The van der Waals surface area contributed by atoms with Crippen LogP contribution in [0, 0.1) is 13.8 Å². The molecule has 0 spiro atoms. The van der Waals surface area contributed by atoms with E-state index in [-0.39, 0.29) is 6.54 Å². The summed E-state index contributed by atoms with van der Waals surface area (Å²) in [6.07, 6.45) is 0. The third-order valence-electron chi connectivity index (χ3n) is 4.70. The number of anilines is 1. The lowest BCUT2D eigenvalue weighted by Gasteiger charge is -2.24. The van der Waals surface area contributed by atoms with Gasteiger partial charge < -0.3 is 10.6 Å². The van der Waals surface area contributed by atoms with Crippen molar-refractivity contribution in [3.63, 3.8) is 0 Å². The van der Waals surface area contributed by atoms with Crippen molar-refractivity contribution < 1.29 is 14.4 Å². The number of benzene rings is 2. The molecule has 6 nitrogen and oxygen atoms in total. The van der Waals surface area contributed by atoms with E-state index in [0.717, 1.165) is 26.1 Å². The lowest BCUT2D eigenvalue weighted by atomic mass is 9.88. The Morgan fingerprint density at radius 3 is 2.52 bits per heavy atom. The molecule has 7 heteroatoms. The van der Waals surface area contributed by atoms with Crippen LogP contribution in [0.4, 0.5) is 10.5 Å². The molecule has 1 unspecified atom stereocenters. The van der Waals surface area contributed by atoms with Crippen LogP contribution in [0.15, 0.2) is 46.9 Å². The van der Waals surface area contributed by atoms with Crippen molar-refractivity contribution >= 4 is 39.5 Å². The van der Waals surface area contributed by atoms with Crippen LogP contribution in [-0.4, -0.2) is 29.3 Å². The molecule has 140 valence electrons. The molecular weight excluding hydrogens is 410 g/mol. The number of nitrogens with one attached hydrogen (secondary N) is 2. The smallest absolute Gasteiger partial charge is 0.325 e. The molecule has 0 saturated carbocycles. The fraction of sp³-hybridized carbons (Fsp3) is 0.250. The summed E-state index contributed by atoms with van der Waals surface area (Å²) in [4.78, 5) is 38.6. The zero-order valence-electron chi connectivity index (χ0n) is 15.3. The molecule has 2 aromatic carbocycles. The van der Waals surface area contributed by atoms with Gasteiger partial charge in [-0.25, -0.2) is 4.79 Å². The van der Waals surface area contributed by atoms with Gasteiger partial charge in [0.05, 0.1) is 0 Å². The van der Waals surface area contributed by atoms with Crippen LogP contribution in [0.3, 0.4) is 0 Å². The van der Waals surface area contributed by atoms with Crippen LogP contribution in [0.2, 0.25) is 0 Å². The minimum Gasteiger partial charge on any atom is -0.325 e. The highest BCUT2D eigenvalue weighted by molar-refractivity contribution is 9.10. The molecular formula is C20H20BrN3O3. The molecule has 0 aromatic heterocycles. The summed E-state index contributed by atoms with van der Waals surface area (Å²) in [6, 6.07) is 12.2. The molecule has 1 fully saturated rings. The van der Waals surface area contributed by atoms with Gasteiger partial charge in [-0.15, -0.1) is 0 Å². The number of nitrogens with zero attached hydrogens (tertiary/aromatic N) is 1. The molecule has 0 bridgehead atoms. The third-order valence-corrected chi connectivity index (χ3v) is 5.59. The molecule has 1 saturated heterocycles. The number of rotatable bonds is 4. The molecule has 2 N–H and O–H groups in total. The van der Waals surface area contributed by atoms with Crippen LogP contribution < -0.4 is 10.6 Å². The average molecular weight is 430 g/mol. The minimum absolute atomic E-state index is 0.346. The highest BCUT2D eigenvalue weighted by Crippen LogP contribution is 2.30. The number of hydrogen-bond donors (Lipinski definition) is 2. The molecule has 27 heavy (non-hydrogen) atoms. The van der Waals surface area contributed by atoms with Gasteiger partial charge in [-0.1, -0.05) is 40.2 Å². The second-order valence-electron chi connectivity index (χ2n) is 6.77. The van der Waals surface area contributed by atoms with Gasteiger partial charge in [-0.3, -0.25) is 14.5 Å². The quantitative estimate of drug-likeness (QED) is 0.730. The number of imide groups is 1. The summed E-state index contributed by atoms with van der Waals surface area (Å²) >= 11 is 3.40. The van der Waals surface area contributed by atoms with Crippen LogP contribution in [0.5, 0.6) is 0 Å². The first-order chi connectivity index (χ1) is 12.7. The largest absolute Gasteiger partial charge is 0.325 e. The molecule has 1 heterocycles. The molecule has 3 rings (SSSR count). The first-order valence-electron chi connectivity index (χ1n) is 8.48. The van der Waals surface area contributed by atoms with Crippen molar-refractivity contribution in [3.05, 3.63) is 63.6 Å². The van der Waals surface area contributed by atoms with E-state index in [1.54, 1.807) is 13.0 Å². The van der Waals surface area contributed by atoms with Gasteiger partial charge in [0.15, 0.2) is 0 Å². The van der Waals surface area contributed by atoms with Crippen molar-refractivity contribution in [1.82, 2.24) is 10.2 Å². The Morgan fingerprint density at radius 1 is 1.15 bits per heavy atom. The minimum atomic E-state index is -1.18.